The minimum absolute atomic E-state index is 0.00965. The Morgan fingerprint density at radius 1 is 0.639 bits per heavy atom. The van der Waals surface area contributed by atoms with Crippen LogP contribution in [0.4, 0.5) is 11.6 Å². The highest BCUT2D eigenvalue weighted by molar-refractivity contribution is 5.82. The summed E-state index contributed by atoms with van der Waals surface area (Å²) in [6.45, 7) is 4.31. The number of aromatic nitrogens is 4. The lowest BCUT2D eigenvalue weighted by Crippen LogP contribution is -2.58. The first kappa shape index (κ1) is 22.2. The van der Waals surface area contributed by atoms with E-state index in [0.29, 0.717) is 26.2 Å². The van der Waals surface area contributed by atoms with Crippen molar-refractivity contribution in [1.82, 2.24) is 24.8 Å². The summed E-state index contributed by atoms with van der Waals surface area (Å²) in [6.07, 6.45) is 3.22. The number of rotatable bonds is 5. The van der Waals surface area contributed by atoms with Gasteiger partial charge in [0.05, 0.1) is 17.3 Å². The molecule has 8 heteroatoms. The number of hydrogen-bond donors (Lipinski definition) is 0. The van der Waals surface area contributed by atoms with Crippen LogP contribution in [0.25, 0.3) is 22.5 Å². The van der Waals surface area contributed by atoms with E-state index in [9.17, 15) is 4.79 Å². The van der Waals surface area contributed by atoms with Crippen LogP contribution in [0.5, 0.6) is 0 Å². The van der Waals surface area contributed by atoms with Crippen LogP contribution in [0.15, 0.2) is 85.5 Å². The van der Waals surface area contributed by atoms with Crippen LogP contribution in [-0.4, -0.2) is 70.0 Å². The van der Waals surface area contributed by atoms with Crippen LogP contribution in [-0.2, 0) is 4.79 Å². The van der Waals surface area contributed by atoms with Crippen molar-refractivity contribution in [1.29, 1.82) is 0 Å². The fourth-order valence-corrected chi connectivity index (χ4v) is 4.81. The largest absolute Gasteiger partial charge is 0.355 e. The fraction of sp³-hybridized carbons (Fsp3) is 0.250. The number of hydrogen-bond acceptors (Lipinski definition) is 7. The summed E-state index contributed by atoms with van der Waals surface area (Å²) in [5.74, 6) is 2.02. The van der Waals surface area contributed by atoms with Crippen LogP contribution >= 0.6 is 0 Å². The first-order valence-electron chi connectivity index (χ1n) is 12.3. The van der Waals surface area contributed by atoms with Gasteiger partial charge in [-0.25, -0.2) is 19.9 Å². The highest BCUT2D eigenvalue weighted by Crippen LogP contribution is 2.28. The molecule has 0 saturated carbocycles. The van der Waals surface area contributed by atoms with Crippen molar-refractivity contribution in [2.75, 3.05) is 49.1 Å². The Morgan fingerprint density at radius 3 is 1.67 bits per heavy atom. The molecule has 4 heterocycles. The lowest BCUT2D eigenvalue weighted by Gasteiger charge is -2.43. The second kappa shape index (κ2) is 9.73. The second-order valence-corrected chi connectivity index (χ2v) is 9.17. The van der Waals surface area contributed by atoms with Crippen molar-refractivity contribution in [3.05, 3.63) is 85.5 Å². The number of carbonyl (C=O) groups excluding carboxylic acids is 1. The van der Waals surface area contributed by atoms with Crippen molar-refractivity contribution in [2.24, 2.45) is 5.92 Å². The number of nitrogens with zero attached hydrogens (tertiary/aromatic N) is 7. The smallest absolute Gasteiger partial charge is 0.229 e. The highest BCUT2D eigenvalue weighted by Gasteiger charge is 2.37. The molecule has 0 radical (unpaired) electrons. The minimum atomic E-state index is 0.00965. The molecule has 0 N–H and O–H groups in total. The van der Waals surface area contributed by atoms with Crippen molar-refractivity contribution < 1.29 is 4.79 Å². The summed E-state index contributed by atoms with van der Waals surface area (Å²) in [4.78, 5) is 37.3. The summed E-state index contributed by atoms with van der Waals surface area (Å²) in [5.41, 5.74) is 3.94. The zero-order chi connectivity index (χ0) is 24.3. The third-order valence-corrected chi connectivity index (χ3v) is 6.91. The van der Waals surface area contributed by atoms with Gasteiger partial charge < -0.3 is 14.7 Å². The predicted octanol–water partition coefficient (Wildman–Crippen LogP) is 3.39. The Morgan fingerprint density at radius 2 is 1.14 bits per heavy atom. The third-order valence-electron chi connectivity index (χ3n) is 6.91. The van der Waals surface area contributed by atoms with E-state index in [2.05, 4.69) is 41.9 Å². The van der Waals surface area contributed by atoms with E-state index in [1.807, 2.05) is 65.6 Å². The number of anilines is 2. The molecule has 0 atom stereocenters. The average molecular weight is 478 g/mol. The maximum absolute atomic E-state index is 13.2. The van der Waals surface area contributed by atoms with Crippen molar-refractivity contribution in [2.45, 2.75) is 0 Å². The number of amides is 1. The fourth-order valence-electron chi connectivity index (χ4n) is 4.81. The summed E-state index contributed by atoms with van der Waals surface area (Å²) in [7, 11) is 0. The summed E-state index contributed by atoms with van der Waals surface area (Å²) >= 11 is 0. The molecular formula is C28H27N7O. The molecule has 0 unspecified atom stereocenters. The van der Waals surface area contributed by atoms with Gasteiger partial charge in [-0.2, -0.15) is 0 Å². The highest BCUT2D eigenvalue weighted by atomic mass is 16.2. The number of piperazine rings is 1. The van der Waals surface area contributed by atoms with Crippen LogP contribution in [0, 0.1) is 5.92 Å². The van der Waals surface area contributed by atoms with Gasteiger partial charge in [-0.05, 0) is 0 Å². The molecule has 2 aliphatic rings. The van der Waals surface area contributed by atoms with E-state index in [-0.39, 0.29) is 11.8 Å². The molecular weight excluding hydrogens is 450 g/mol. The first-order chi connectivity index (χ1) is 17.7. The molecule has 2 saturated heterocycles. The Bertz CT molecular complexity index is 1330. The van der Waals surface area contributed by atoms with Gasteiger partial charge in [0.15, 0.2) is 0 Å². The van der Waals surface area contributed by atoms with E-state index in [0.717, 1.165) is 47.2 Å². The SMILES string of the molecule is O=C(C1CN(c2cc(-c3ccccc3)ncn2)C1)N1CCN(c2cc(-c3ccccc3)ncn2)CC1. The van der Waals surface area contributed by atoms with E-state index >= 15 is 0 Å². The van der Waals surface area contributed by atoms with E-state index < -0.39 is 0 Å². The van der Waals surface area contributed by atoms with Crippen molar-refractivity contribution >= 4 is 17.5 Å². The van der Waals surface area contributed by atoms with Crippen LogP contribution in [0.1, 0.15) is 0 Å². The maximum atomic E-state index is 13.2. The molecule has 0 bridgehead atoms. The molecule has 8 nitrogen and oxygen atoms in total. The van der Waals surface area contributed by atoms with E-state index in [4.69, 9.17) is 0 Å². The summed E-state index contributed by atoms with van der Waals surface area (Å²) in [6, 6.07) is 24.2. The Hall–Kier alpha value is -4.33. The first-order valence-corrected chi connectivity index (χ1v) is 12.3. The van der Waals surface area contributed by atoms with Gasteiger partial charge in [-0.15, -0.1) is 0 Å². The molecule has 4 aromatic rings. The van der Waals surface area contributed by atoms with Gasteiger partial charge in [0.1, 0.15) is 24.3 Å². The van der Waals surface area contributed by atoms with Crippen molar-refractivity contribution in [3.63, 3.8) is 0 Å². The van der Waals surface area contributed by atoms with Gasteiger partial charge >= 0.3 is 0 Å². The maximum Gasteiger partial charge on any atom is 0.229 e. The van der Waals surface area contributed by atoms with Gasteiger partial charge in [0, 0.05) is 62.5 Å². The Kier molecular flexibility index (Phi) is 5.99. The van der Waals surface area contributed by atoms with Crippen LogP contribution in [0.3, 0.4) is 0 Å². The molecule has 0 spiro atoms. The summed E-state index contributed by atoms with van der Waals surface area (Å²) < 4.78 is 0. The van der Waals surface area contributed by atoms with Gasteiger partial charge in [0.2, 0.25) is 5.91 Å². The average Bonchev–Trinajstić information content (AvgIpc) is 2.93. The lowest BCUT2D eigenvalue weighted by molar-refractivity contribution is -0.136. The van der Waals surface area contributed by atoms with Gasteiger partial charge in [-0.1, -0.05) is 60.7 Å². The topological polar surface area (TPSA) is 78.4 Å². The lowest BCUT2D eigenvalue weighted by atomic mass is 9.97. The third kappa shape index (κ3) is 4.49. The van der Waals surface area contributed by atoms with Gasteiger partial charge in [0.25, 0.3) is 0 Å². The summed E-state index contributed by atoms with van der Waals surface area (Å²) in [5, 5.41) is 0. The molecule has 2 aromatic heterocycles. The Labute approximate surface area is 210 Å². The molecule has 2 aromatic carbocycles. The number of benzene rings is 2. The molecule has 2 aliphatic heterocycles. The molecule has 0 aliphatic carbocycles. The standard InChI is InChI=1S/C28H27N7O/c36-28(23-17-35(18-23)27-16-25(30-20-32-27)22-9-5-2-6-10-22)34-13-11-33(12-14-34)26-15-24(29-19-31-26)21-7-3-1-4-8-21/h1-10,15-16,19-20,23H,11-14,17-18H2. The molecule has 6 rings (SSSR count). The number of carbonyl (C=O) groups is 1. The minimum Gasteiger partial charge on any atom is -0.355 e. The van der Waals surface area contributed by atoms with Crippen LogP contribution < -0.4 is 9.80 Å². The van der Waals surface area contributed by atoms with Crippen molar-refractivity contribution in [3.8, 4) is 22.5 Å². The Balaban J connectivity index is 1.04. The second-order valence-electron chi connectivity index (χ2n) is 9.17. The zero-order valence-electron chi connectivity index (χ0n) is 19.9. The molecule has 36 heavy (non-hydrogen) atoms. The quantitative estimate of drug-likeness (QED) is 0.436. The van der Waals surface area contributed by atoms with E-state index in [1.54, 1.807) is 12.7 Å². The van der Waals surface area contributed by atoms with E-state index in [1.165, 1.54) is 0 Å². The normalized spacial score (nSPS) is 16.1. The van der Waals surface area contributed by atoms with Crippen LogP contribution in [0.2, 0.25) is 0 Å². The molecule has 2 fully saturated rings. The molecule has 1 amide bonds. The zero-order valence-corrected chi connectivity index (χ0v) is 19.9. The monoisotopic (exact) mass is 477 g/mol. The molecule has 180 valence electrons. The van der Waals surface area contributed by atoms with Gasteiger partial charge in [-0.3, -0.25) is 4.79 Å². The predicted molar refractivity (Wildman–Crippen MR) is 139 cm³/mol.